The van der Waals surface area contributed by atoms with Gasteiger partial charge < -0.3 is 19.5 Å². The topological polar surface area (TPSA) is 77.1 Å². The maximum Gasteiger partial charge on any atom is 0.282 e. The van der Waals surface area contributed by atoms with Gasteiger partial charge in [0.25, 0.3) is 11.8 Å². The molecule has 34 heavy (non-hydrogen) atoms. The van der Waals surface area contributed by atoms with E-state index < -0.39 is 11.8 Å². The highest BCUT2D eigenvalue weighted by Gasteiger charge is 2.40. The summed E-state index contributed by atoms with van der Waals surface area (Å²) >= 11 is 0. The molecule has 0 saturated carbocycles. The first-order valence-corrected chi connectivity index (χ1v) is 11.1. The van der Waals surface area contributed by atoms with Crippen LogP contribution in [0.25, 0.3) is 5.57 Å². The molecule has 1 N–H and O–H groups in total. The molecule has 0 atom stereocenters. The number of benzene rings is 3. The van der Waals surface area contributed by atoms with Gasteiger partial charge in [0.15, 0.2) is 11.5 Å². The van der Waals surface area contributed by atoms with E-state index in [9.17, 15) is 9.59 Å². The number of carbonyl (C=O) groups excluding carboxylic acids is 2. The van der Waals surface area contributed by atoms with Crippen LogP contribution < -0.4 is 24.4 Å². The number of fused-ring (bicyclic) bond motifs is 1. The zero-order valence-electron chi connectivity index (χ0n) is 19.0. The monoisotopic (exact) mass is 456 g/mol. The van der Waals surface area contributed by atoms with Crippen LogP contribution in [0, 0.1) is 6.92 Å². The third-order valence-corrected chi connectivity index (χ3v) is 5.62. The molecule has 0 saturated heterocycles. The minimum Gasteiger partial charge on any atom is -0.494 e. The first-order valence-electron chi connectivity index (χ1n) is 11.1. The molecule has 0 unspecified atom stereocenters. The maximum absolute atomic E-state index is 13.6. The van der Waals surface area contributed by atoms with Gasteiger partial charge in [0.1, 0.15) is 24.7 Å². The molecule has 0 radical (unpaired) electrons. The van der Waals surface area contributed by atoms with Crippen LogP contribution >= 0.6 is 0 Å². The van der Waals surface area contributed by atoms with Crippen LogP contribution in [0.3, 0.4) is 0 Å². The highest BCUT2D eigenvalue weighted by Crippen LogP contribution is 2.37. The van der Waals surface area contributed by atoms with E-state index in [1.807, 2.05) is 38.1 Å². The molecule has 3 aromatic carbocycles. The van der Waals surface area contributed by atoms with E-state index in [4.69, 9.17) is 14.2 Å². The summed E-state index contributed by atoms with van der Waals surface area (Å²) in [5, 5.41) is 3.17. The summed E-state index contributed by atoms with van der Waals surface area (Å²) in [5.74, 6) is 0.983. The Balaban J connectivity index is 1.56. The van der Waals surface area contributed by atoms with Crippen molar-refractivity contribution < 1.29 is 23.8 Å². The predicted octanol–water partition coefficient (Wildman–Crippen LogP) is 4.56. The maximum atomic E-state index is 13.6. The fraction of sp³-hybridized carbons (Fsp3) is 0.185. The lowest BCUT2D eigenvalue weighted by Crippen LogP contribution is -2.32. The lowest BCUT2D eigenvalue weighted by Gasteiger charge is -2.19. The summed E-state index contributed by atoms with van der Waals surface area (Å²) in [6.07, 6.45) is 0. The molecule has 7 heteroatoms. The van der Waals surface area contributed by atoms with Crippen LogP contribution in [-0.4, -0.2) is 31.6 Å². The van der Waals surface area contributed by atoms with Crippen molar-refractivity contribution in [2.45, 2.75) is 13.8 Å². The standard InChI is InChI=1S/C27H24N2O5/c1-3-32-21-6-4-5-20(16-21)29-26(30)24(18-9-7-17(2)8-10-18)25(27(29)31)28-19-11-12-22-23(15-19)34-14-13-33-22/h4-12,15-16,28H,3,13-14H2,1-2H3. The quantitative estimate of drug-likeness (QED) is 0.548. The number of amides is 2. The van der Waals surface area contributed by atoms with Gasteiger partial charge in [0, 0.05) is 17.8 Å². The number of carbonyl (C=O) groups is 2. The van der Waals surface area contributed by atoms with Gasteiger partial charge in [0.05, 0.1) is 17.9 Å². The van der Waals surface area contributed by atoms with Crippen LogP contribution in [-0.2, 0) is 9.59 Å². The molecule has 0 fully saturated rings. The molecule has 0 bridgehead atoms. The Labute approximate surface area is 197 Å². The zero-order valence-corrected chi connectivity index (χ0v) is 19.0. The number of nitrogens with one attached hydrogen (secondary N) is 1. The third kappa shape index (κ3) is 3.96. The van der Waals surface area contributed by atoms with E-state index >= 15 is 0 Å². The largest absolute Gasteiger partial charge is 0.494 e. The number of nitrogens with zero attached hydrogens (tertiary/aromatic N) is 1. The molecule has 0 aliphatic carbocycles. The SMILES string of the molecule is CCOc1cccc(N2C(=O)C(Nc3ccc4c(c3)OCCO4)=C(c3ccc(C)cc3)C2=O)c1. The summed E-state index contributed by atoms with van der Waals surface area (Å²) in [4.78, 5) is 28.4. The Morgan fingerprint density at radius 2 is 1.68 bits per heavy atom. The Bertz CT molecular complexity index is 1300. The summed E-state index contributed by atoms with van der Waals surface area (Å²) in [6, 6.07) is 19.8. The lowest BCUT2D eigenvalue weighted by atomic mass is 10.0. The van der Waals surface area contributed by atoms with E-state index in [-0.39, 0.29) is 5.70 Å². The number of anilines is 2. The van der Waals surface area contributed by atoms with Crippen molar-refractivity contribution in [3.8, 4) is 17.2 Å². The summed E-state index contributed by atoms with van der Waals surface area (Å²) < 4.78 is 16.8. The first kappa shape index (κ1) is 21.6. The second kappa shape index (κ2) is 8.94. The number of imide groups is 1. The number of rotatable bonds is 6. The van der Waals surface area contributed by atoms with Gasteiger partial charge in [-0.2, -0.15) is 0 Å². The normalized spacial score (nSPS) is 15.1. The molecular formula is C27H24N2O5. The van der Waals surface area contributed by atoms with Crippen molar-refractivity contribution >= 4 is 28.8 Å². The highest BCUT2D eigenvalue weighted by molar-refractivity contribution is 6.46. The lowest BCUT2D eigenvalue weighted by molar-refractivity contribution is -0.120. The van der Waals surface area contributed by atoms with Gasteiger partial charge in [-0.25, -0.2) is 4.90 Å². The summed E-state index contributed by atoms with van der Waals surface area (Å²) in [7, 11) is 0. The fourth-order valence-corrected chi connectivity index (χ4v) is 4.01. The van der Waals surface area contributed by atoms with E-state index in [0.717, 1.165) is 5.56 Å². The average molecular weight is 456 g/mol. The number of hydrogen-bond donors (Lipinski definition) is 1. The molecule has 0 aromatic heterocycles. The van der Waals surface area contributed by atoms with Crippen LogP contribution in [0.5, 0.6) is 17.2 Å². The van der Waals surface area contributed by atoms with Gasteiger partial charge in [-0.1, -0.05) is 35.9 Å². The minimum absolute atomic E-state index is 0.201. The van der Waals surface area contributed by atoms with Crippen LogP contribution in [0.4, 0.5) is 11.4 Å². The Morgan fingerprint density at radius 1 is 0.912 bits per heavy atom. The number of hydrogen-bond acceptors (Lipinski definition) is 6. The van der Waals surface area contributed by atoms with E-state index in [1.165, 1.54) is 4.90 Å². The van der Waals surface area contributed by atoms with Crippen LogP contribution in [0.2, 0.25) is 0 Å². The fourth-order valence-electron chi connectivity index (χ4n) is 4.01. The molecule has 3 aromatic rings. The van der Waals surface area contributed by atoms with E-state index in [0.29, 0.717) is 59.6 Å². The second-order valence-corrected chi connectivity index (χ2v) is 7.98. The van der Waals surface area contributed by atoms with Crippen molar-refractivity contribution in [2.75, 3.05) is 30.0 Å². The first-order chi connectivity index (χ1) is 16.5. The molecule has 2 aliphatic heterocycles. The van der Waals surface area contributed by atoms with Crippen molar-refractivity contribution in [3.05, 3.63) is 83.6 Å². The van der Waals surface area contributed by atoms with E-state index in [1.54, 1.807) is 42.5 Å². The molecule has 172 valence electrons. The molecule has 5 rings (SSSR count). The average Bonchev–Trinajstić information content (AvgIpc) is 3.09. The zero-order chi connectivity index (χ0) is 23.7. The van der Waals surface area contributed by atoms with Crippen molar-refractivity contribution in [1.29, 1.82) is 0 Å². The van der Waals surface area contributed by atoms with Gasteiger partial charge in [-0.15, -0.1) is 0 Å². The Kier molecular flexibility index (Phi) is 5.67. The van der Waals surface area contributed by atoms with Gasteiger partial charge in [0.2, 0.25) is 0 Å². The second-order valence-electron chi connectivity index (χ2n) is 7.98. The van der Waals surface area contributed by atoms with Crippen molar-refractivity contribution in [3.63, 3.8) is 0 Å². The molecular weight excluding hydrogens is 432 g/mol. The molecule has 2 aliphatic rings. The number of aryl methyl sites for hydroxylation is 1. The van der Waals surface area contributed by atoms with Gasteiger partial charge in [-0.3, -0.25) is 9.59 Å². The Morgan fingerprint density at radius 3 is 2.44 bits per heavy atom. The summed E-state index contributed by atoms with van der Waals surface area (Å²) in [5.41, 5.74) is 3.30. The third-order valence-electron chi connectivity index (χ3n) is 5.62. The minimum atomic E-state index is -0.441. The Hall–Kier alpha value is -4.26. The van der Waals surface area contributed by atoms with Gasteiger partial charge in [-0.05, 0) is 43.7 Å². The predicted molar refractivity (Wildman–Crippen MR) is 129 cm³/mol. The smallest absolute Gasteiger partial charge is 0.282 e. The number of ether oxygens (including phenoxy) is 3. The van der Waals surface area contributed by atoms with Crippen LogP contribution in [0.15, 0.2) is 72.4 Å². The van der Waals surface area contributed by atoms with E-state index in [2.05, 4.69) is 5.32 Å². The van der Waals surface area contributed by atoms with Crippen molar-refractivity contribution in [2.24, 2.45) is 0 Å². The molecule has 2 heterocycles. The molecule has 0 spiro atoms. The molecule has 2 amide bonds. The molecule has 7 nitrogen and oxygen atoms in total. The highest BCUT2D eigenvalue weighted by atomic mass is 16.6. The van der Waals surface area contributed by atoms with Crippen LogP contribution in [0.1, 0.15) is 18.1 Å². The van der Waals surface area contributed by atoms with Crippen molar-refractivity contribution in [1.82, 2.24) is 0 Å². The van der Waals surface area contributed by atoms with Gasteiger partial charge >= 0.3 is 0 Å². The summed E-state index contributed by atoms with van der Waals surface area (Å²) in [6.45, 7) is 5.28.